The molecule has 1 aliphatic carbocycles. The summed E-state index contributed by atoms with van der Waals surface area (Å²) in [5.74, 6) is -1.22. The molecule has 0 radical (unpaired) electrons. The lowest BCUT2D eigenvalue weighted by Crippen LogP contribution is -2.51. The summed E-state index contributed by atoms with van der Waals surface area (Å²) in [7, 11) is -3.10. The summed E-state index contributed by atoms with van der Waals surface area (Å²) in [6.45, 7) is 1.86. The lowest BCUT2D eigenvalue weighted by Gasteiger charge is -2.29. The minimum Gasteiger partial charge on any atom is -0.339 e. The molecule has 1 unspecified atom stereocenters. The number of nitrogens with zero attached hydrogens (tertiary/aromatic N) is 3. The van der Waals surface area contributed by atoms with Gasteiger partial charge in [-0.3, -0.25) is 9.59 Å². The van der Waals surface area contributed by atoms with Crippen LogP contribution in [0.1, 0.15) is 41.5 Å². The van der Waals surface area contributed by atoms with Crippen LogP contribution in [0.4, 0.5) is 4.39 Å². The van der Waals surface area contributed by atoms with E-state index in [2.05, 4.69) is 10.4 Å². The van der Waals surface area contributed by atoms with Gasteiger partial charge in [-0.05, 0) is 56.9 Å². The van der Waals surface area contributed by atoms with Crippen LogP contribution < -0.4 is 5.32 Å². The first-order valence-corrected chi connectivity index (χ1v) is 12.2. The summed E-state index contributed by atoms with van der Waals surface area (Å²) in [5, 5.41) is 7.24. The van der Waals surface area contributed by atoms with Crippen LogP contribution in [0.15, 0.2) is 24.3 Å². The Morgan fingerprint density at radius 3 is 2.42 bits per heavy atom. The molecule has 31 heavy (non-hydrogen) atoms. The summed E-state index contributed by atoms with van der Waals surface area (Å²) in [4.78, 5) is 27.2. The molecule has 2 amide bonds. The molecule has 1 atom stereocenters. The highest BCUT2D eigenvalue weighted by Gasteiger charge is 2.31. The van der Waals surface area contributed by atoms with Gasteiger partial charge < -0.3 is 10.2 Å². The summed E-state index contributed by atoms with van der Waals surface area (Å²) in [6.07, 6.45) is 3.40. The molecule has 8 nitrogen and oxygen atoms in total. The minimum absolute atomic E-state index is 0.0605. The van der Waals surface area contributed by atoms with Gasteiger partial charge in [0.1, 0.15) is 11.9 Å². The molecule has 2 aromatic rings. The van der Waals surface area contributed by atoms with E-state index in [1.165, 1.54) is 17.0 Å². The van der Waals surface area contributed by atoms with Crippen molar-refractivity contribution in [2.24, 2.45) is 0 Å². The first-order chi connectivity index (χ1) is 14.7. The van der Waals surface area contributed by atoms with E-state index in [1.54, 1.807) is 23.7 Å². The predicted octanol–water partition coefficient (Wildman–Crippen LogP) is 1.27. The van der Waals surface area contributed by atoms with Crippen LogP contribution in [-0.4, -0.2) is 65.5 Å². The molecule has 1 aliphatic heterocycles. The minimum atomic E-state index is -3.10. The van der Waals surface area contributed by atoms with Crippen molar-refractivity contribution in [3.8, 4) is 5.69 Å². The number of rotatable bonds is 4. The zero-order chi connectivity index (χ0) is 22.2. The first kappa shape index (κ1) is 21.5. The van der Waals surface area contributed by atoms with Crippen molar-refractivity contribution in [3.63, 3.8) is 0 Å². The molecule has 4 rings (SSSR count). The van der Waals surface area contributed by atoms with Crippen molar-refractivity contribution >= 4 is 21.7 Å². The highest BCUT2D eigenvalue weighted by atomic mass is 32.2. The van der Waals surface area contributed by atoms with E-state index < -0.39 is 21.8 Å². The fourth-order valence-corrected chi connectivity index (χ4v) is 5.31. The van der Waals surface area contributed by atoms with Gasteiger partial charge in [0, 0.05) is 24.3 Å². The van der Waals surface area contributed by atoms with Crippen LogP contribution in [0.25, 0.3) is 5.69 Å². The Hall–Kier alpha value is -2.75. The number of aromatic nitrogens is 2. The molecule has 0 saturated carbocycles. The number of halogens is 1. The number of benzene rings is 1. The van der Waals surface area contributed by atoms with Gasteiger partial charge in [0.15, 0.2) is 15.5 Å². The Balaban J connectivity index is 1.53. The second kappa shape index (κ2) is 8.41. The molecule has 1 fully saturated rings. The Morgan fingerprint density at radius 2 is 1.74 bits per heavy atom. The Bertz CT molecular complexity index is 1100. The predicted molar refractivity (Wildman–Crippen MR) is 112 cm³/mol. The summed E-state index contributed by atoms with van der Waals surface area (Å²) in [5.41, 5.74) is 2.75. The maximum atomic E-state index is 13.3. The highest BCUT2D eigenvalue weighted by Crippen LogP contribution is 2.27. The van der Waals surface area contributed by atoms with Gasteiger partial charge in [-0.2, -0.15) is 5.10 Å². The molecule has 2 aliphatic rings. The van der Waals surface area contributed by atoms with Crippen LogP contribution in [0.2, 0.25) is 0 Å². The summed E-state index contributed by atoms with van der Waals surface area (Å²) in [6, 6.07) is 5.14. The van der Waals surface area contributed by atoms with Gasteiger partial charge in [-0.1, -0.05) is 0 Å². The van der Waals surface area contributed by atoms with Crippen molar-refractivity contribution in [1.29, 1.82) is 0 Å². The average molecular weight is 449 g/mol. The van der Waals surface area contributed by atoms with Crippen LogP contribution >= 0.6 is 0 Å². The van der Waals surface area contributed by atoms with Crippen molar-refractivity contribution in [1.82, 2.24) is 20.0 Å². The molecule has 10 heteroatoms. The smallest absolute Gasteiger partial charge is 0.272 e. The van der Waals surface area contributed by atoms with E-state index in [1.807, 2.05) is 0 Å². The maximum Gasteiger partial charge on any atom is 0.272 e. The van der Waals surface area contributed by atoms with Crippen molar-refractivity contribution < 1.29 is 22.4 Å². The van der Waals surface area contributed by atoms with Crippen LogP contribution in [0, 0.1) is 5.82 Å². The number of carbonyl (C=O) groups is 2. The van der Waals surface area contributed by atoms with E-state index in [9.17, 15) is 22.4 Å². The Labute approximate surface area is 180 Å². The zero-order valence-electron chi connectivity index (χ0n) is 17.3. The third-order valence-corrected chi connectivity index (χ3v) is 7.45. The quantitative estimate of drug-likeness (QED) is 0.759. The second-order valence-electron chi connectivity index (χ2n) is 8.04. The van der Waals surface area contributed by atoms with E-state index in [0.29, 0.717) is 12.1 Å². The van der Waals surface area contributed by atoms with Crippen LogP contribution in [0.5, 0.6) is 0 Å². The maximum absolute atomic E-state index is 13.3. The van der Waals surface area contributed by atoms with Crippen LogP contribution in [-0.2, 0) is 27.5 Å². The number of nitrogens with one attached hydrogen (secondary N) is 1. The van der Waals surface area contributed by atoms with E-state index in [-0.39, 0.29) is 42.0 Å². The SMILES string of the molecule is CC(NC(=O)c1nn(-c2ccc(F)cc2)c2c1CCCC2)C(=O)N1CCS(=O)(=O)CC1. The van der Waals surface area contributed by atoms with Gasteiger partial charge in [0.2, 0.25) is 5.91 Å². The standard InChI is InChI=1S/C21H25FN4O4S/c1-14(21(28)25-10-12-31(29,30)13-11-25)23-20(27)19-17-4-2-3-5-18(17)26(24-19)16-8-6-15(22)7-9-16/h6-9,14H,2-5,10-13H2,1H3,(H,23,27). The van der Waals surface area contributed by atoms with Crippen molar-refractivity contribution in [3.05, 3.63) is 47.0 Å². The van der Waals surface area contributed by atoms with Gasteiger partial charge in [-0.25, -0.2) is 17.5 Å². The lowest BCUT2D eigenvalue weighted by molar-refractivity contribution is -0.132. The number of amides is 2. The third kappa shape index (κ3) is 4.48. The normalized spacial score (nSPS) is 18.8. The largest absolute Gasteiger partial charge is 0.339 e. The Morgan fingerprint density at radius 1 is 1.10 bits per heavy atom. The zero-order valence-corrected chi connectivity index (χ0v) is 18.1. The van der Waals surface area contributed by atoms with Crippen molar-refractivity contribution in [2.45, 2.75) is 38.6 Å². The molecule has 1 aromatic carbocycles. The van der Waals surface area contributed by atoms with E-state index in [4.69, 9.17) is 0 Å². The molecule has 0 spiro atoms. The summed E-state index contributed by atoms with van der Waals surface area (Å²) >= 11 is 0. The van der Waals surface area contributed by atoms with Gasteiger partial charge in [0.05, 0.1) is 17.2 Å². The monoisotopic (exact) mass is 448 g/mol. The summed E-state index contributed by atoms with van der Waals surface area (Å²) < 4.78 is 38.2. The topological polar surface area (TPSA) is 101 Å². The van der Waals surface area contributed by atoms with Gasteiger partial charge >= 0.3 is 0 Å². The number of fused-ring (bicyclic) bond motifs is 1. The van der Waals surface area contributed by atoms with Crippen LogP contribution in [0.3, 0.4) is 0 Å². The number of carbonyl (C=O) groups excluding carboxylic acids is 2. The van der Waals surface area contributed by atoms with Crippen molar-refractivity contribution in [2.75, 3.05) is 24.6 Å². The molecular weight excluding hydrogens is 423 g/mol. The van der Waals surface area contributed by atoms with Gasteiger partial charge in [0.25, 0.3) is 5.91 Å². The number of hydrogen-bond acceptors (Lipinski definition) is 5. The number of sulfone groups is 1. The third-order valence-electron chi connectivity index (χ3n) is 5.84. The molecule has 1 saturated heterocycles. The second-order valence-corrected chi connectivity index (χ2v) is 10.3. The molecular formula is C21H25FN4O4S. The van der Waals surface area contributed by atoms with Gasteiger partial charge in [-0.15, -0.1) is 0 Å². The highest BCUT2D eigenvalue weighted by molar-refractivity contribution is 7.91. The molecule has 166 valence electrons. The van der Waals surface area contributed by atoms with E-state index >= 15 is 0 Å². The molecule has 1 N–H and O–H groups in total. The molecule has 0 bridgehead atoms. The first-order valence-electron chi connectivity index (χ1n) is 10.4. The fraction of sp³-hybridized carbons (Fsp3) is 0.476. The fourth-order valence-electron chi connectivity index (χ4n) is 4.11. The van der Waals surface area contributed by atoms with E-state index in [0.717, 1.165) is 30.5 Å². The average Bonchev–Trinajstić information content (AvgIpc) is 3.14. The number of hydrogen-bond donors (Lipinski definition) is 1. The lowest BCUT2D eigenvalue weighted by atomic mass is 9.95. The molecule has 1 aromatic heterocycles. The molecule has 2 heterocycles. The Kier molecular flexibility index (Phi) is 5.83.